The number of aromatic nitrogens is 1. The van der Waals surface area contributed by atoms with Gasteiger partial charge in [-0.1, -0.05) is 6.07 Å². The van der Waals surface area contributed by atoms with Crippen molar-refractivity contribution in [1.29, 1.82) is 0 Å². The summed E-state index contributed by atoms with van der Waals surface area (Å²) in [5, 5.41) is 8.76. The van der Waals surface area contributed by atoms with Crippen LogP contribution in [0, 0.1) is 5.82 Å². The zero-order valence-corrected chi connectivity index (χ0v) is 14.1. The van der Waals surface area contributed by atoms with Gasteiger partial charge in [0.15, 0.2) is 0 Å². The van der Waals surface area contributed by atoms with Crippen molar-refractivity contribution in [3.8, 4) is 11.3 Å². The number of carbonyl (C=O) groups is 1. The van der Waals surface area contributed by atoms with Gasteiger partial charge in [-0.05, 0) is 36.4 Å². The third-order valence-corrected chi connectivity index (χ3v) is 4.44. The quantitative estimate of drug-likeness (QED) is 0.873. The van der Waals surface area contributed by atoms with E-state index in [-0.39, 0.29) is 12.2 Å². The van der Waals surface area contributed by atoms with Crippen LogP contribution in [0.1, 0.15) is 12.1 Å². The van der Waals surface area contributed by atoms with Crippen molar-refractivity contribution in [2.24, 2.45) is 0 Å². The molecule has 2 heterocycles. The lowest BCUT2D eigenvalue weighted by atomic mass is 10.1. The molecule has 132 valence electrons. The first kappa shape index (κ1) is 17.5. The fraction of sp³-hybridized carbons (Fsp3) is 0.368. The number of carboxylic acids is 1. The number of pyridine rings is 1. The molecule has 6 heteroatoms. The van der Waals surface area contributed by atoms with Crippen molar-refractivity contribution in [1.82, 2.24) is 14.8 Å². The fourth-order valence-corrected chi connectivity index (χ4v) is 3.00. The molecule has 1 aliphatic rings. The molecule has 2 aromatic rings. The van der Waals surface area contributed by atoms with Crippen molar-refractivity contribution in [3.63, 3.8) is 0 Å². The summed E-state index contributed by atoms with van der Waals surface area (Å²) in [6.07, 6.45) is 0.196. The second-order valence-electron chi connectivity index (χ2n) is 6.28. The predicted molar refractivity (Wildman–Crippen MR) is 93.6 cm³/mol. The Kier molecular flexibility index (Phi) is 5.73. The van der Waals surface area contributed by atoms with Gasteiger partial charge in [0.1, 0.15) is 5.82 Å². The summed E-state index contributed by atoms with van der Waals surface area (Å²) in [4.78, 5) is 19.9. The first-order valence-corrected chi connectivity index (χ1v) is 8.48. The number of rotatable bonds is 6. The monoisotopic (exact) mass is 343 g/mol. The number of benzene rings is 1. The van der Waals surface area contributed by atoms with Gasteiger partial charge in [-0.2, -0.15) is 0 Å². The van der Waals surface area contributed by atoms with Crippen molar-refractivity contribution < 1.29 is 14.3 Å². The number of hydrogen-bond donors (Lipinski definition) is 1. The highest BCUT2D eigenvalue weighted by molar-refractivity contribution is 5.66. The standard InChI is InChI=1S/C19H22FN3O2/c20-16-6-4-15(5-7-16)18-3-1-2-17(21-18)14-23-12-10-22(11-13-23)9-8-19(24)25/h1-7H,8-14H2,(H,24,25). The van der Waals surface area contributed by atoms with Crippen molar-refractivity contribution in [2.45, 2.75) is 13.0 Å². The Bertz CT molecular complexity index is 713. The van der Waals surface area contributed by atoms with Crippen LogP contribution in [0.4, 0.5) is 4.39 Å². The smallest absolute Gasteiger partial charge is 0.304 e. The SMILES string of the molecule is O=C(O)CCN1CCN(Cc2cccc(-c3ccc(F)cc3)n2)CC1. The molecule has 1 aromatic carbocycles. The van der Waals surface area contributed by atoms with Crippen LogP contribution in [0.2, 0.25) is 0 Å². The molecular formula is C19H22FN3O2. The van der Waals surface area contributed by atoms with E-state index in [0.717, 1.165) is 49.7 Å². The molecule has 1 saturated heterocycles. The fourth-order valence-electron chi connectivity index (χ4n) is 3.00. The molecule has 1 aromatic heterocycles. The zero-order valence-electron chi connectivity index (χ0n) is 14.1. The minimum atomic E-state index is -0.746. The highest BCUT2D eigenvalue weighted by Crippen LogP contribution is 2.18. The number of nitrogens with zero attached hydrogens (tertiary/aromatic N) is 3. The lowest BCUT2D eigenvalue weighted by Gasteiger charge is -2.34. The Balaban J connectivity index is 1.56. The second-order valence-corrected chi connectivity index (χ2v) is 6.28. The largest absolute Gasteiger partial charge is 0.481 e. The van der Waals surface area contributed by atoms with E-state index in [0.29, 0.717) is 6.54 Å². The van der Waals surface area contributed by atoms with E-state index >= 15 is 0 Å². The highest BCUT2D eigenvalue weighted by Gasteiger charge is 2.18. The molecule has 0 aliphatic carbocycles. The normalized spacial score (nSPS) is 16.0. The Labute approximate surface area is 146 Å². The third-order valence-electron chi connectivity index (χ3n) is 4.44. The topological polar surface area (TPSA) is 56.7 Å². The Hall–Kier alpha value is -2.31. The van der Waals surface area contributed by atoms with E-state index in [1.54, 1.807) is 12.1 Å². The molecule has 5 nitrogen and oxygen atoms in total. The van der Waals surface area contributed by atoms with Crippen LogP contribution in [0.5, 0.6) is 0 Å². The van der Waals surface area contributed by atoms with E-state index in [1.807, 2.05) is 18.2 Å². The number of carboxylic acid groups (broad SMARTS) is 1. The van der Waals surface area contributed by atoms with Crippen LogP contribution in [0.15, 0.2) is 42.5 Å². The number of aliphatic carboxylic acids is 1. The van der Waals surface area contributed by atoms with Crippen LogP contribution in [-0.4, -0.2) is 58.6 Å². The minimum absolute atomic E-state index is 0.196. The van der Waals surface area contributed by atoms with E-state index in [2.05, 4.69) is 14.8 Å². The molecular weight excluding hydrogens is 321 g/mol. The molecule has 1 aliphatic heterocycles. The van der Waals surface area contributed by atoms with Gasteiger partial charge in [-0.25, -0.2) is 4.39 Å². The van der Waals surface area contributed by atoms with Crippen LogP contribution in [-0.2, 0) is 11.3 Å². The van der Waals surface area contributed by atoms with Crippen molar-refractivity contribution >= 4 is 5.97 Å². The number of hydrogen-bond acceptors (Lipinski definition) is 4. The predicted octanol–water partition coefficient (Wildman–Crippen LogP) is 2.48. The van der Waals surface area contributed by atoms with E-state index in [4.69, 9.17) is 5.11 Å². The van der Waals surface area contributed by atoms with E-state index < -0.39 is 5.97 Å². The molecule has 1 fully saturated rings. The summed E-state index contributed by atoms with van der Waals surface area (Å²) in [5.74, 6) is -0.995. The summed E-state index contributed by atoms with van der Waals surface area (Å²) in [6, 6.07) is 12.3. The molecule has 1 N–H and O–H groups in total. The third kappa shape index (κ3) is 5.08. The minimum Gasteiger partial charge on any atom is -0.481 e. The van der Waals surface area contributed by atoms with Gasteiger partial charge in [-0.3, -0.25) is 14.7 Å². The Morgan fingerprint density at radius 1 is 1.04 bits per heavy atom. The van der Waals surface area contributed by atoms with Gasteiger partial charge in [0.2, 0.25) is 0 Å². The van der Waals surface area contributed by atoms with Crippen LogP contribution >= 0.6 is 0 Å². The lowest BCUT2D eigenvalue weighted by molar-refractivity contribution is -0.137. The summed E-state index contributed by atoms with van der Waals surface area (Å²) >= 11 is 0. The van der Waals surface area contributed by atoms with Crippen molar-refractivity contribution in [2.75, 3.05) is 32.7 Å². The molecule has 0 bridgehead atoms. The molecule has 3 rings (SSSR count). The average Bonchev–Trinajstić information content (AvgIpc) is 2.62. The maximum atomic E-state index is 13.1. The maximum absolute atomic E-state index is 13.1. The van der Waals surface area contributed by atoms with Crippen LogP contribution in [0.25, 0.3) is 11.3 Å². The molecule has 0 radical (unpaired) electrons. The summed E-state index contributed by atoms with van der Waals surface area (Å²) < 4.78 is 13.1. The molecule has 25 heavy (non-hydrogen) atoms. The molecule has 0 atom stereocenters. The Morgan fingerprint density at radius 2 is 1.72 bits per heavy atom. The van der Waals surface area contributed by atoms with Crippen LogP contribution < -0.4 is 0 Å². The number of halogens is 1. The van der Waals surface area contributed by atoms with Gasteiger partial charge < -0.3 is 10.0 Å². The molecule has 0 amide bonds. The summed E-state index contributed by atoms with van der Waals surface area (Å²) in [6.45, 7) is 4.95. The van der Waals surface area contributed by atoms with Gasteiger partial charge in [0, 0.05) is 44.8 Å². The van der Waals surface area contributed by atoms with E-state index in [9.17, 15) is 9.18 Å². The average molecular weight is 343 g/mol. The zero-order chi connectivity index (χ0) is 17.6. The summed E-state index contributed by atoms with van der Waals surface area (Å²) in [7, 11) is 0. The first-order chi connectivity index (χ1) is 12.1. The van der Waals surface area contributed by atoms with Crippen molar-refractivity contribution in [3.05, 3.63) is 54.0 Å². The Morgan fingerprint density at radius 3 is 2.40 bits per heavy atom. The van der Waals surface area contributed by atoms with Gasteiger partial charge >= 0.3 is 5.97 Å². The van der Waals surface area contributed by atoms with Gasteiger partial charge in [0.05, 0.1) is 17.8 Å². The maximum Gasteiger partial charge on any atom is 0.304 e. The summed E-state index contributed by atoms with van der Waals surface area (Å²) in [5.41, 5.74) is 2.74. The molecule has 0 unspecified atom stereocenters. The highest BCUT2D eigenvalue weighted by atomic mass is 19.1. The van der Waals surface area contributed by atoms with E-state index in [1.165, 1.54) is 12.1 Å². The molecule has 0 saturated carbocycles. The first-order valence-electron chi connectivity index (χ1n) is 8.48. The number of piperazine rings is 1. The van der Waals surface area contributed by atoms with Gasteiger partial charge in [0.25, 0.3) is 0 Å². The molecule has 0 spiro atoms. The van der Waals surface area contributed by atoms with Gasteiger partial charge in [-0.15, -0.1) is 0 Å². The van der Waals surface area contributed by atoms with Crippen LogP contribution in [0.3, 0.4) is 0 Å². The second kappa shape index (κ2) is 8.18. The lowest BCUT2D eigenvalue weighted by Crippen LogP contribution is -2.46.